The largest absolute Gasteiger partial charge is 0.503 e. The van der Waals surface area contributed by atoms with Gasteiger partial charge in [-0.15, -0.1) is 0 Å². The molecule has 1 aliphatic carbocycles. The fraction of sp³-hybridized carbons (Fsp3) is 0.263. The molecule has 0 radical (unpaired) electrons. The Morgan fingerprint density at radius 2 is 1.43 bits per heavy atom. The van der Waals surface area contributed by atoms with E-state index in [0.717, 1.165) is 12.8 Å². The zero-order chi connectivity index (χ0) is 21.3. The lowest BCUT2D eigenvalue weighted by Gasteiger charge is -2.32. The molecule has 0 fully saturated rings. The highest BCUT2D eigenvalue weighted by atomic mass is 35.5. The molecule has 3 rings (SSSR count). The predicted molar refractivity (Wildman–Crippen MR) is 107 cm³/mol. The van der Waals surface area contributed by atoms with Crippen molar-refractivity contribution in [2.75, 3.05) is 7.05 Å². The van der Waals surface area contributed by atoms with E-state index in [0.29, 0.717) is 22.0 Å². The van der Waals surface area contributed by atoms with Crippen LogP contribution in [0, 0.1) is 0 Å². The molecule has 1 aliphatic rings. The lowest BCUT2D eigenvalue weighted by atomic mass is 9.77. The average molecular weight is 430 g/mol. The molecule has 0 aliphatic heterocycles. The van der Waals surface area contributed by atoms with E-state index in [1.54, 1.807) is 0 Å². The molecular formula is C19H21Cl2NO6. The van der Waals surface area contributed by atoms with Crippen molar-refractivity contribution >= 4 is 35.5 Å². The third-order valence-electron chi connectivity index (χ3n) is 4.19. The molecule has 0 heterocycles. The first-order valence-electron chi connectivity index (χ1n) is 8.22. The van der Waals surface area contributed by atoms with Gasteiger partial charge in [-0.25, -0.2) is 9.59 Å². The first-order chi connectivity index (χ1) is 13.2. The van der Waals surface area contributed by atoms with Gasteiger partial charge >= 0.3 is 12.3 Å². The Bertz CT molecular complexity index is 795. The molecular weight excluding hydrogens is 409 g/mol. The standard InChI is InChI=1S/C17H17Cl2N.2CH2O3/c1-20-17-9-7-12(13-4-2-3-5-14(13)17)11-6-8-15(18)16(19)10-11;2*2-1(3)4/h2-6,8,10,12,17,20H,7,9H2,1H3;2*(H2,2,3,4)/t12-,17-;;/m0../s1. The number of carboxylic acid groups (broad SMARTS) is 4. The fourth-order valence-electron chi connectivity index (χ4n) is 3.17. The summed E-state index contributed by atoms with van der Waals surface area (Å²) in [5.41, 5.74) is 4.05. The maximum atomic E-state index is 8.56. The zero-order valence-electron chi connectivity index (χ0n) is 15.0. The molecule has 5 N–H and O–H groups in total. The number of benzene rings is 2. The third kappa shape index (κ3) is 7.26. The summed E-state index contributed by atoms with van der Waals surface area (Å²) in [5, 5.41) is 32.5. The second-order valence-corrected chi connectivity index (χ2v) is 6.65. The van der Waals surface area contributed by atoms with E-state index >= 15 is 0 Å². The lowest BCUT2D eigenvalue weighted by molar-refractivity contribution is 0.135. The second kappa shape index (κ2) is 11.4. The van der Waals surface area contributed by atoms with Crippen LogP contribution in [-0.4, -0.2) is 39.8 Å². The van der Waals surface area contributed by atoms with Gasteiger partial charge < -0.3 is 25.7 Å². The van der Waals surface area contributed by atoms with Crippen LogP contribution < -0.4 is 5.32 Å². The lowest BCUT2D eigenvalue weighted by Crippen LogP contribution is -2.24. The van der Waals surface area contributed by atoms with Gasteiger partial charge in [0.05, 0.1) is 10.0 Å². The normalized spacial score (nSPS) is 17.1. The average Bonchev–Trinajstić information content (AvgIpc) is 2.62. The maximum Gasteiger partial charge on any atom is 0.503 e. The van der Waals surface area contributed by atoms with E-state index in [1.807, 2.05) is 19.2 Å². The van der Waals surface area contributed by atoms with Crippen LogP contribution in [-0.2, 0) is 0 Å². The Kier molecular flexibility index (Phi) is 9.58. The molecule has 28 heavy (non-hydrogen) atoms. The highest BCUT2D eigenvalue weighted by molar-refractivity contribution is 6.42. The van der Waals surface area contributed by atoms with E-state index in [9.17, 15) is 0 Å². The molecule has 0 spiro atoms. The number of hydrogen-bond donors (Lipinski definition) is 5. The van der Waals surface area contributed by atoms with Crippen molar-refractivity contribution in [3.63, 3.8) is 0 Å². The van der Waals surface area contributed by atoms with E-state index < -0.39 is 12.3 Å². The highest BCUT2D eigenvalue weighted by Crippen LogP contribution is 2.42. The van der Waals surface area contributed by atoms with Crippen molar-refractivity contribution in [3.8, 4) is 0 Å². The van der Waals surface area contributed by atoms with Crippen LogP contribution in [0.25, 0.3) is 0 Å². The van der Waals surface area contributed by atoms with Crippen molar-refractivity contribution < 1.29 is 30.0 Å². The molecule has 0 saturated heterocycles. The molecule has 0 bridgehead atoms. The molecule has 2 aromatic carbocycles. The van der Waals surface area contributed by atoms with Gasteiger partial charge in [0.1, 0.15) is 0 Å². The molecule has 2 aromatic rings. The summed E-state index contributed by atoms with van der Waals surface area (Å²) < 4.78 is 0. The van der Waals surface area contributed by atoms with Crippen LogP contribution in [0.3, 0.4) is 0 Å². The maximum absolute atomic E-state index is 8.56. The summed E-state index contributed by atoms with van der Waals surface area (Å²) in [6.07, 6.45) is -1.40. The topological polar surface area (TPSA) is 127 Å². The minimum atomic E-state index is -1.83. The van der Waals surface area contributed by atoms with Gasteiger partial charge in [0.25, 0.3) is 0 Å². The quantitative estimate of drug-likeness (QED) is 0.418. The Balaban J connectivity index is 0.000000420. The van der Waals surface area contributed by atoms with Gasteiger partial charge in [-0.2, -0.15) is 0 Å². The summed E-state index contributed by atoms with van der Waals surface area (Å²) in [7, 11) is 2.03. The fourth-order valence-corrected chi connectivity index (χ4v) is 3.47. The van der Waals surface area contributed by atoms with Gasteiger partial charge in [-0.1, -0.05) is 53.5 Å². The summed E-state index contributed by atoms with van der Waals surface area (Å²) in [5.74, 6) is 0.408. The summed E-state index contributed by atoms with van der Waals surface area (Å²) in [6.45, 7) is 0. The molecule has 0 aromatic heterocycles. The molecule has 9 heteroatoms. The van der Waals surface area contributed by atoms with Crippen molar-refractivity contribution in [2.45, 2.75) is 24.8 Å². The van der Waals surface area contributed by atoms with Crippen LogP contribution in [0.15, 0.2) is 42.5 Å². The third-order valence-corrected chi connectivity index (χ3v) is 4.92. The summed E-state index contributed by atoms with van der Waals surface area (Å²) in [4.78, 5) is 17.1. The first-order valence-corrected chi connectivity index (χ1v) is 8.97. The van der Waals surface area contributed by atoms with Crippen LogP contribution in [0.2, 0.25) is 10.0 Å². The Morgan fingerprint density at radius 1 is 0.893 bits per heavy atom. The van der Waals surface area contributed by atoms with Crippen LogP contribution in [0.1, 0.15) is 41.5 Å². The number of nitrogens with one attached hydrogen (secondary N) is 1. The van der Waals surface area contributed by atoms with E-state index in [2.05, 4.69) is 35.6 Å². The van der Waals surface area contributed by atoms with E-state index in [1.165, 1.54) is 16.7 Å². The van der Waals surface area contributed by atoms with Crippen LogP contribution in [0.5, 0.6) is 0 Å². The number of fused-ring (bicyclic) bond motifs is 1. The van der Waals surface area contributed by atoms with Crippen molar-refractivity contribution in [3.05, 3.63) is 69.2 Å². The molecule has 152 valence electrons. The Hall–Kier alpha value is -2.48. The highest BCUT2D eigenvalue weighted by Gasteiger charge is 2.27. The predicted octanol–water partition coefficient (Wildman–Crippen LogP) is 5.62. The monoisotopic (exact) mass is 429 g/mol. The molecule has 0 amide bonds. The van der Waals surface area contributed by atoms with Crippen molar-refractivity contribution in [2.24, 2.45) is 0 Å². The van der Waals surface area contributed by atoms with Crippen LogP contribution in [0.4, 0.5) is 9.59 Å². The van der Waals surface area contributed by atoms with Crippen LogP contribution >= 0.6 is 23.2 Å². The number of halogens is 2. The number of hydrogen-bond acceptors (Lipinski definition) is 3. The zero-order valence-corrected chi connectivity index (χ0v) is 16.5. The smallest absolute Gasteiger partial charge is 0.450 e. The van der Waals surface area contributed by atoms with Gasteiger partial charge in [0.2, 0.25) is 0 Å². The molecule has 0 unspecified atom stereocenters. The van der Waals surface area contributed by atoms with Gasteiger partial charge in [0.15, 0.2) is 0 Å². The number of carbonyl (C=O) groups is 2. The Morgan fingerprint density at radius 3 is 1.93 bits per heavy atom. The van der Waals surface area contributed by atoms with Gasteiger partial charge in [-0.3, -0.25) is 0 Å². The second-order valence-electron chi connectivity index (χ2n) is 5.84. The molecule has 7 nitrogen and oxygen atoms in total. The molecule has 2 atom stereocenters. The van der Waals surface area contributed by atoms with Gasteiger partial charge in [-0.05, 0) is 48.7 Å². The minimum absolute atomic E-state index is 0.408. The van der Waals surface area contributed by atoms with Crippen molar-refractivity contribution in [1.29, 1.82) is 0 Å². The summed E-state index contributed by atoms with van der Waals surface area (Å²) >= 11 is 12.2. The van der Waals surface area contributed by atoms with E-state index in [4.69, 9.17) is 53.2 Å². The Labute approximate surface area is 172 Å². The number of rotatable bonds is 2. The minimum Gasteiger partial charge on any atom is -0.450 e. The van der Waals surface area contributed by atoms with Gasteiger partial charge in [0, 0.05) is 12.0 Å². The SMILES string of the molecule is CN[C@H]1CC[C@@H](c2ccc(Cl)c(Cl)c2)c2ccccc21.O=C(O)O.O=C(O)O. The first kappa shape index (κ1) is 23.6. The molecule has 0 saturated carbocycles. The summed E-state index contributed by atoms with van der Waals surface area (Å²) in [6, 6.07) is 15.1. The van der Waals surface area contributed by atoms with Crippen molar-refractivity contribution in [1.82, 2.24) is 5.32 Å². The van der Waals surface area contributed by atoms with E-state index in [-0.39, 0.29) is 0 Å².